The van der Waals surface area contributed by atoms with E-state index < -0.39 is 0 Å². The van der Waals surface area contributed by atoms with Crippen LogP contribution in [0.1, 0.15) is 5.76 Å². The molecule has 0 saturated heterocycles. The molecule has 0 aliphatic rings. The number of rotatable bonds is 3. The third-order valence-corrected chi connectivity index (χ3v) is 4.29. The minimum Gasteiger partial charge on any atom is -0.463 e. The molecule has 0 N–H and O–H groups in total. The lowest BCUT2D eigenvalue weighted by Crippen LogP contribution is -2.11. The molecule has 0 unspecified atom stereocenters. The van der Waals surface area contributed by atoms with E-state index in [0.717, 1.165) is 16.3 Å². The van der Waals surface area contributed by atoms with Crippen molar-refractivity contribution in [2.24, 2.45) is 10.1 Å². The summed E-state index contributed by atoms with van der Waals surface area (Å²) in [5, 5.41) is 8.57. The molecule has 0 spiro atoms. The van der Waals surface area contributed by atoms with Crippen molar-refractivity contribution >= 4 is 28.9 Å². The van der Waals surface area contributed by atoms with E-state index in [9.17, 15) is 0 Å². The summed E-state index contributed by atoms with van der Waals surface area (Å²) in [6, 6.07) is 7.81. The van der Waals surface area contributed by atoms with Crippen molar-refractivity contribution in [1.29, 1.82) is 0 Å². The zero-order valence-electron chi connectivity index (χ0n) is 10.2. The van der Waals surface area contributed by atoms with Crippen LogP contribution in [-0.4, -0.2) is 17.9 Å². The van der Waals surface area contributed by atoms with E-state index in [1.165, 1.54) is 4.88 Å². The fourth-order valence-corrected chi connectivity index (χ4v) is 3.23. The number of aromatic nitrogens is 1. The Morgan fingerprint density at radius 2 is 2.21 bits per heavy atom. The van der Waals surface area contributed by atoms with Crippen LogP contribution < -0.4 is 4.80 Å². The fraction of sp³-hybridized carbons (Fsp3) is 0.0769. The Morgan fingerprint density at radius 3 is 2.89 bits per heavy atom. The number of nitrogens with zero attached hydrogens (tertiary/aromatic N) is 3. The highest BCUT2D eigenvalue weighted by Crippen LogP contribution is 2.24. The summed E-state index contributed by atoms with van der Waals surface area (Å²) in [5.74, 6) is 0.720. The van der Waals surface area contributed by atoms with Gasteiger partial charge in [-0.05, 0) is 23.6 Å². The van der Waals surface area contributed by atoms with E-state index in [-0.39, 0.29) is 0 Å². The van der Waals surface area contributed by atoms with E-state index >= 15 is 0 Å². The van der Waals surface area contributed by atoms with Gasteiger partial charge in [0.15, 0.2) is 0 Å². The Bertz CT molecular complexity index is 733. The first-order chi connectivity index (χ1) is 9.38. The molecule has 0 radical (unpaired) electrons. The first-order valence-electron chi connectivity index (χ1n) is 5.63. The van der Waals surface area contributed by atoms with Crippen LogP contribution in [0, 0.1) is 0 Å². The Labute approximate surface area is 118 Å². The molecular formula is C13H11N3OS2. The molecule has 0 atom stereocenters. The summed E-state index contributed by atoms with van der Waals surface area (Å²) >= 11 is 3.25. The molecule has 3 heterocycles. The second kappa shape index (κ2) is 5.38. The van der Waals surface area contributed by atoms with Crippen LogP contribution in [0.4, 0.5) is 0 Å². The summed E-state index contributed by atoms with van der Waals surface area (Å²) in [6.45, 7) is 0. The van der Waals surface area contributed by atoms with E-state index in [4.69, 9.17) is 4.42 Å². The first kappa shape index (κ1) is 12.1. The minimum absolute atomic E-state index is 0.720. The van der Waals surface area contributed by atoms with Crippen molar-refractivity contribution in [1.82, 2.24) is 4.68 Å². The van der Waals surface area contributed by atoms with Crippen LogP contribution >= 0.6 is 22.7 Å². The maximum Gasteiger partial charge on any atom is 0.205 e. The van der Waals surface area contributed by atoms with Gasteiger partial charge in [0.2, 0.25) is 4.80 Å². The molecule has 0 amide bonds. The van der Waals surface area contributed by atoms with Gasteiger partial charge in [0, 0.05) is 12.4 Å². The Hall–Kier alpha value is -1.92. The quantitative estimate of drug-likeness (QED) is 0.682. The van der Waals surface area contributed by atoms with Gasteiger partial charge in [-0.1, -0.05) is 6.07 Å². The lowest BCUT2D eigenvalue weighted by atomic mass is 10.4. The van der Waals surface area contributed by atoms with Gasteiger partial charge in [-0.15, -0.1) is 22.7 Å². The summed E-state index contributed by atoms with van der Waals surface area (Å²) in [5.41, 5.74) is 1.04. The minimum atomic E-state index is 0.720. The van der Waals surface area contributed by atoms with Crippen molar-refractivity contribution in [2.45, 2.75) is 0 Å². The summed E-state index contributed by atoms with van der Waals surface area (Å²) in [6.07, 6.45) is 3.32. The van der Waals surface area contributed by atoms with Crippen molar-refractivity contribution in [3.63, 3.8) is 0 Å². The van der Waals surface area contributed by atoms with Gasteiger partial charge in [-0.3, -0.25) is 4.99 Å². The molecule has 0 fully saturated rings. The number of thiophene rings is 1. The zero-order chi connectivity index (χ0) is 13.1. The molecule has 0 aliphatic carbocycles. The molecule has 19 heavy (non-hydrogen) atoms. The highest BCUT2D eigenvalue weighted by atomic mass is 32.1. The van der Waals surface area contributed by atoms with Gasteiger partial charge >= 0.3 is 0 Å². The second-order valence-electron chi connectivity index (χ2n) is 3.68. The van der Waals surface area contributed by atoms with Crippen LogP contribution in [0.3, 0.4) is 0 Å². The number of thiazole rings is 1. The highest BCUT2D eigenvalue weighted by Gasteiger charge is 2.07. The van der Waals surface area contributed by atoms with Gasteiger partial charge in [0.25, 0.3) is 0 Å². The third-order valence-electron chi connectivity index (χ3n) is 2.49. The lowest BCUT2D eigenvalue weighted by molar-refractivity contribution is 0.559. The second-order valence-corrected chi connectivity index (χ2v) is 5.46. The van der Waals surface area contributed by atoms with Crippen LogP contribution in [0.2, 0.25) is 0 Å². The SMILES string of the molecule is CN=c1scc(-c2cccs2)n1N=Cc1ccco1. The van der Waals surface area contributed by atoms with Crippen LogP contribution in [0.15, 0.2) is 55.8 Å². The Morgan fingerprint density at radius 1 is 1.26 bits per heavy atom. The molecule has 0 aromatic carbocycles. The summed E-state index contributed by atoms with van der Waals surface area (Å²) < 4.78 is 7.08. The van der Waals surface area contributed by atoms with Gasteiger partial charge in [-0.2, -0.15) is 5.10 Å². The maximum absolute atomic E-state index is 5.25. The largest absolute Gasteiger partial charge is 0.463 e. The van der Waals surface area contributed by atoms with Crippen LogP contribution in [-0.2, 0) is 0 Å². The standard InChI is InChI=1S/C13H11N3OS2/c1-14-13-16(15-8-10-4-2-6-17-10)11(9-19-13)12-5-3-7-18-12/h2-9H,1H3. The summed E-state index contributed by atoms with van der Waals surface area (Å²) in [4.78, 5) is 6.26. The molecule has 4 nitrogen and oxygen atoms in total. The van der Waals surface area contributed by atoms with E-state index in [2.05, 4.69) is 26.9 Å². The third kappa shape index (κ3) is 2.45. The predicted molar refractivity (Wildman–Crippen MR) is 78.8 cm³/mol. The van der Waals surface area contributed by atoms with Crippen LogP contribution in [0.5, 0.6) is 0 Å². The molecule has 3 rings (SSSR count). The Kier molecular flexibility index (Phi) is 3.43. The number of furan rings is 1. The van der Waals surface area contributed by atoms with Crippen molar-refractivity contribution in [3.8, 4) is 10.6 Å². The smallest absolute Gasteiger partial charge is 0.205 e. The number of hydrogen-bond donors (Lipinski definition) is 0. The monoisotopic (exact) mass is 289 g/mol. The van der Waals surface area contributed by atoms with E-state index in [1.807, 2.05) is 22.9 Å². The van der Waals surface area contributed by atoms with Gasteiger partial charge < -0.3 is 4.42 Å². The molecule has 6 heteroatoms. The molecular weight excluding hydrogens is 278 g/mol. The van der Waals surface area contributed by atoms with Crippen molar-refractivity contribution in [3.05, 3.63) is 51.9 Å². The van der Waals surface area contributed by atoms with Gasteiger partial charge in [0.1, 0.15) is 5.76 Å². The fourth-order valence-electron chi connectivity index (χ4n) is 1.64. The normalized spacial score (nSPS) is 12.6. The molecule has 3 aromatic heterocycles. The Balaban J connectivity index is 2.06. The highest BCUT2D eigenvalue weighted by molar-refractivity contribution is 7.14. The predicted octanol–water partition coefficient (Wildman–Crippen LogP) is 3.28. The lowest BCUT2D eigenvalue weighted by Gasteiger charge is -1.99. The molecule has 0 saturated carbocycles. The van der Waals surface area contributed by atoms with Gasteiger partial charge in [0.05, 0.1) is 23.0 Å². The molecule has 0 bridgehead atoms. The van der Waals surface area contributed by atoms with Crippen molar-refractivity contribution in [2.75, 3.05) is 7.05 Å². The molecule has 3 aromatic rings. The average Bonchev–Trinajstić information content (AvgIpc) is 3.16. The van der Waals surface area contributed by atoms with Gasteiger partial charge in [-0.25, -0.2) is 4.68 Å². The average molecular weight is 289 g/mol. The molecule has 0 aliphatic heterocycles. The number of hydrogen-bond acceptors (Lipinski definition) is 5. The topological polar surface area (TPSA) is 42.8 Å². The summed E-state index contributed by atoms with van der Waals surface area (Å²) in [7, 11) is 1.77. The molecule has 96 valence electrons. The first-order valence-corrected chi connectivity index (χ1v) is 7.39. The van der Waals surface area contributed by atoms with Crippen LogP contribution in [0.25, 0.3) is 10.6 Å². The van der Waals surface area contributed by atoms with Crippen molar-refractivity contribution < 1.29 is 4.42 Å². The maximum atomic E-state index is 5.25. The van der Waals surface area contributed by atoms with E-state index in [0.29, 0.717) is 0 Å². The zero-order valence-corrected chi connectivity index (χ0v) is 11.8. The van der Waals surface area contributed by atoms with E-state index in [1.54, 1.807) is 42.2 Å².